The van der Waals surface area contributed by atoms with E-state index in [1.807, 2.05) is 13.8 Å². The van der Waals surface area contributed by atoms with Crippen LogP contribution < -0.4 is 5.32 Å². The number of hydrogen-bond acceptors (Lipinski definition) is 6. The molecule has 0 saturated carbocycles. The van der Waals surface area contributed by atoms with Crippen LogP contribution in [0.25, 0.3) is 0 Å². The first-order valence-corrected chi connectivity index (χ1v) is 11.7. The minimum absolute atomic E-state index is 0.0526. The van der Waals surface area contributed by atoms with Gasteiger partial charge in [-0.2, -0.15) is 8.42 Å². The maximum atomic E-state index is 13.2. The van der Waals surface area contributed by atoms with Crippen LogP contribution in [0, 0.1) is 19.8 Å². The van der Waals surface area contributed by atoms with Crippen LogP contribution in [-0.2, 0) is 24.1 Å². The quantitative estimate of drug-likeness (QED) is 0.737. The van der Waals surface area contributed by atoms with E-state index in [4.69, 9.17) is 4.18 Å². The third-order valence-corrected chi connectivity index (χ3v) is 8.12. The molecule has 2 atom stereocenters. The molecule has 1 N–H and O–H groups in total. The van der Waals surface area contributed by atoms with Gasteiger partial charge in [-0.1, -0.05) is 35.4 Å². The molecule has 0 bridgehead atoms. The summed E-state index contributed by atoms with van der Waals surface area (Å²) in [4.78, 5) is 0.00673. The average Bonchev–Trinajstić information content (AvgIpc) is 3.14. The van der Waals surface area contributed by atoms with Gasteiger partial charge < -0.3 is 5.32 Å². The highest BCUT2D eigenvalue weighted by atomic mass is 32.2. The molecule has 0 radical (unpaired) electrons. The lowest BCUT2D eigenvalue weighted by Crippen LogP contribution is -2.36. The van der Waals surface area contributed by atoms with Crippen molar-refractivity contribution in [3.63, 3.8) is 0 Å². The molecule has 1 saturated heterocycles. The van der Waals surface area contributed by atoms with Gasteiger partial charge in [-0.05, 0) is 51.1 Å². The third-order valence-electron chi connectivity index (χ3n) is 4.67. The van der Waals surface area contributed by atoms with Crippen molar-refractivity contribution in [2.24, 2.45) is 5.92 Å². The minimum Gasteiger partial charge on any atom is -0.316 e. The molecule has 8 heteroatoms. The van der Waals surface area contributed by atoms with Crippen LogP contribution in [0.5, 0.6) is 0 Å². The number of hydrogen-bond donors (Lipinski definition) is 1. The Morgan fingerprint density at radius 3 is 1.89 bits per heavy atom. The lowest BCUT2D eigenvalue weighted by atomic mass is 10.1. The number of benzene rings is 2. The highest BCUT2D eigenvalue weighted by molar-refractivity contribution is 7.93. The first kappa shape index (κ1) is 20.0. The van der Waals surface area contributed by atoms with Gasteiger partial charge in [0, 0.05) is 12.5 Å². The van der Waals surface area contributed by atoms with Crippen LogP contribution in [-0.4, -0.2) is 35.4 Å². The second kappa shape index (κ2) is 7.71. The molecule has 2 unspecified atom stereocenters. The van der Waals surface area contributed by atoms with Crippen molar-refractivity contribution in [3.05, 3.63) is 59.7 Å². The molecule has 1 fully saturated rings. The molecule has 146 valence electrons. The van der Waals surface area contributed by atoms with Crippen molar-refractivity contribution in [3.8, 4) is 0 Å². The summed E-state index contributed by atoms with van der Waals surface area (Å²) in [6.07, 6.45) is 0.527. The van der Waals surface area contributed by atoms with Crippen LogP contribution in [0.2, 0.25) is 0 Å². The van der Waals surface area contributed by atoms with E-state index in [1.165, 1.54) is 24.3 Å². The van der Waals surface area contributed by atoms with Crippen molar-refractivity contribution < 1.29 is 21.0 Å². The van der Waals surface area contributed by atoms with Crippen LogP contribution >= 0.6 is 0 Å². The Hall–Kier alpha value is -1.74. The zero-order valence-electron chi connectivity index (χ0n) is 15.3. The monoisotopic (exact) mass is 409 g/mol. The highest BCUT2D eigenvalue weighted by Crippen LogP contribution is 2.30. The first-order chi connectivity index (χ1) is 12.7. The highest BCUT2D eigenvalue weighted by Gasteiger charge is 2.41. The maximum absolute atomic E-state index is 13.2. The van der Waals surface area contributed by atoms with Gasteiger partial charge in [0.25, 0.3) is 10.1 Å². The zero-order valence-corrected chi connectivity index (χ0v) is 16.9. The first-order valence-electron chi connectivity index (χ1n) is 8.71. The van der Waals surface area contributed by atoms with Crippen molar-refractivity contribution >= 4 is 20.0 Å². The van der Waals surface area contributed by atoms with E-state index >= 15 is 0 Å². The van der Waals surface area contributed by atoms with Crippen molar-refractivity contribution in [1.29, 1.82) is 0 Å². The van der Waals surface area contributed by atoms with Crippen LogP contribution in [0.1, 0.15) is 17.5 Å². The average molecular weight is 410 g/mol. The number of nitrogens with one attached hydrogen (secondary N) is 1. The van der Waals surface area contributed by atoms with E-state index in [0.717, 1.165) is 11.1 Å². The Balaban J connectivity index is 1.99. The van der Waals surface area contributed by atoms with Gasteiger partial charge in [0.1, 0.15) is 0 Å². The van der Waals surface area contributed by atoms with E-state index in [-0.39, 0.29) is 9.79 Å². The molecule has 2 aromatic carbocycles. The van der Waals surface area contributed by atoms with E-state index < -0.39 is 31.3 Å². The predicted octanol–water partition coefficient (Wildman–Crippen LogP) is 2.42. The minimum atomic E-state index is -4.22. The van der Waals surface area contributed by atoms with Crippen molar-refractivity contribution in [1.82, 2.24) is 5.32 Å². The Bertz CT molecular complexity index is 991. The summed E-state index contributed by atoms with van der Waals surface area (Å²) in [5, 5.41) is 3.08. The van der Waals surface area contributed by atoms with Crippen molar-refractivity contribution in [2.45, 2.75) is 35.5 Å². The van der Waals surface area contributed by atoms with Gasteiger partial charge in [0.15, 0.2) is 5.44 Å². The van der Waals surface area contributed by atoms with Gasteiger partial charge in [0.2, 0.25) is 9.84 Å². The Morgan fingerprint density at radius 1 is 0.889 bits per heavy atom. The maximum Gasteiger partial charge on any atom is 0.298 e. The molecular weight excluding hydrogens is 386 g/mol. The smallest absolute Gasteiger partial charge is 0.298 e. The topological polar surface area (TPSA) is 89.5 Å². The van der Waals surface area contributed by atoms with Gasteiger partial charge in [-0.3, -0.25) is 0 Å². The SMILES string of the molecule is Cc1ccc(S(=O)(=O)OC(C2CCNC2)S(=O)(=O)c2ccc(C)cc2)cc1. The summed E-state index contributed by atoms with van der Waals surface area (Å²) in [5.74, 6) is -0.448. The summed E-state index contributed by atoms with van der Waals surface area (Å²) in [6, 6.07) is 12.5. The van der Waals surface area contributed by atoms with Crippen LogP contribution in [0.4, 0.5) is 0 Å². The molecule has 1 heterocycles. The van der Waals surface area contributed by atoms with Crippen molar-refractivity contribution in [2.75, 3.05) is 13.1 Å². The van der Waals surface area contributed by atoms with Gasteiger partial charge >= 0.3 is 0 Å². The Kier molecular flexibility index (Phi) is 5.71. The fourth-order valence-corrected chi connectivity index (χ4v) is 6.27. The van der Waals surface area contributed by atoms with Gasteiger partial charge in [-0.15, -0.1) is 0 Å². The summed E-state index contributed by atoms with van der Waals surface area (Å²) in [7, 11) is -8.21. The zero-order chi connectivity index (χ0) is 19.7. The van der Waals surface area contributed by atoms with E-state index in [1.54, 1.807) is 24.3 Å². The number of rotatable bonds is 6. The largest absolute Gasteiger partial charge is 0.316 e. The normalized spacial score (nSPS) is 19.1. The molecular formula is C19H23NO5S2. The molecule has 0 aliphatic carbocycles. The fourth-order valence-electron chi connectivity index (χ4n) is 3.04. The predicted molar refractivity (Wildman–Crippen MR) is 103 cm³/mol. The second-order valence-electron chi connectivity index (χ2n) is 6.84. The van der Waals surface area contributed by atoms with Crippen LogP contribution in [0.3, 0.4) is 0 Å². The molecule has 2 aromatic rings. The molecule has 1 aliphatic heterocycles. The summed E-state index contributed by atoms with van der Waals surface area (Å²) < 4.78 is 57.2. The molecule has 0 aromatic heterocycles. The molecule has 0 spiro atoms. The molecule has 27 heavy (non-hydrogen) atoms. The molecule has 6 nitrogen and oxygen atoms in total. The summed E-state index contributed by atoms with van der Waals surface area (Å²) >= 11 is 0. The van der Waals surface area contributed by atoms with E-state index in [0.29, 0.717) is 19.5 Å². The number of aryl methyl sites for hydroxylation is 2. The molecule has 3 rings (SSSR count). The Labute approximate surface area is 160 Å². The number of sulfone groups is 1. The molecule has 1 aliphatic rings. The summed E-state index contributed by atoms with van der Waals surface area (Å²) in [5.41, 5.74) is 0.348. The van der Waals surface area contributed by atoms with Gasteiger partial charge in [-0.25, -0.2) is 12.6 Å². The van der Waals surface area contributed by atoms with E-state index in [2.05, 4.69) is 5.32 Å². The van der Waals surface area contributed by atoms with Crippen LogP contribution in [0.15, 0.2) is 58.3 Å². The van der Waals surface area contributed by atoms with E-state index in [9.17, 15) is 16.8 Å². The lowest BCUT2D eigenvalue weighted by molar-refractivity contribution is 0.219. The third kappa shape index (κ3) is 4.40. The molecule has 0 amide bonds. The second-order valence-corrected chi connectivity index (χ2v) is 10.4. The lowest BCUT2D eigenvalue weighted by Gasteiger charge is -2.23. The summed E-state index contributed by atoms with van der Waals surface area (Å²) in [6.45, 7) is 4.71. The Morgan fingerprint density at radius 2 is 1.41 bits per heavy atom. The fraction of sp³-hybridized carbons (Fsp3) is 0.368. The standard InChI is InChI=1S/C19H23NO5S2/c1-14-3-7-17(8-4-14)26(21,22)19(16-11-12-20-13-16)25-27(23,24)18-9-5-15(2)6-10-18/h3-10,16,19-20H,11-13H2,1-2H3. The van der Waals surface area contributed by atoms with Gasteiger partial charge in [0.05, 0.1) is 9.79 Å².